The second kappa shape index (κ2) is 12.0. The summed E-state index contributed by atoms with van der Waals surface area (Å²) in [6, 6.07) is 4.18. The molecule has 0 aliphatic carbocycles. The number of Topliss-reactive ketones (excluding diaryl/α,β-unsaturated/α-hetero) is 1. The lowest BCUT2D eigenvalue weighted by atomic mass is 9.65. The molecule has 1 aliphatic rings. The van der Waals surface area contributed by atoms with Gasteiger partial charge >= 0.3 is 13.1 Å². The average molecular weight is 485 g/mol. The van der Waals surface area contributed by atoms with E-state index in [1.807, 2.05) is 32.7 Å². The van der Waals surface area contributed by atoms with Crippen LogP contribution in [0, 0.1) is 5.92 Å². The number of halogens is 2. The number of likely N-dealkylation sites (N-methyl/N-ethyl adjacent to an activating group) is 1. The van der Waals surface area contributed by atoms with Crippen molar-refractivity contribution >= 4 is 48.0 Å². The van der Waals surface area contributed by atoms with Crippen LogP contribution in [0.4, 0.5) is 0 Å². The quantitative estimate of drug-likeness (QED) is 0.563. The van der Waals surface area contributed by atoms with Gasteiger partial charge in [-0.25, -0.2) is 0 Å². The molecular formula is C22H31BCl2N2O5. The van der Waals surface area contributed by atoms with Crippen molar-refractivity contribution in [3.63, 3.8) is 0 Å². The lowest BCUT2D eigenvalue weighted by Crippen LogP contribution is -2.51. The molecule has 0 aromatic heterocycles. The Kier molecular flexibility index (Phi) is 10.0. The Hall–Kier alpha value is -1.61. The van der Waals surface area contributed by atoms with Gasteiger partial charge in [0.2, 0.25) is 0 Å². The van der Waals surface area contributed by atoms with Crippen molar-refractivity contribution in [1.29, 1.82) is 0 Å². The third-order valence-corrected chi connectivity index (χ3v) is 6.21. The third kappa shape index (κ3) is 7.47. The summed E-state index contributed by atoms with van der Waals surface area (Å²) < 4.78 is 11.6. The van der Waals surface area contributed by atoms with Crippen LogP contribution in [-0.4, -0.2) is 62.0 Å². The lowest BCUT2D eigenvalue weighted by Gasteiger charge is -2.35. The number of hydrogen-bond acceptors (Lipinski definition) is 6. The van der Waals surface area contributed by atoms with E-state index < -0.39 is 19.1 Å². The highest BCUT2D eigenvalue weighted by molar-refractivity contribution is 6.49. The predicted molar refractivity (Wildman–Crippen MR) is 126 cm³/mol. The van der Waals surface area contributed by atoms with Crippen LogP contribution in [0.1, 0.15) is 50.9 Å². The maximum atomic E-state index is 12.7. The molecular weight excluding hydrogens is 454 g/mol. The van der Waals surface area contributed by atoms with Crippen LogP contribution in [-0.2, 0) is 18.9 Å². The highest BCUT2D eigenvalue weighted by Crippen LogP contribution is 2.28. The van der Waals surface area contributed by atoms with Crippen LogP contribution in [0.25, 0.3) is 0 Å². The van der Waals surface area contributed by atoms with Crippen molar-refractivity contribution in [3.8, 4) is 0 Å². The molecule has 1 fully saturated rings. The van der Waals surface area contributed by atoms with Gasteiger partial charge in [-0.15, -0.1) is 0 Å². The molecule has 1 amide bonds. The normalized spacial score (nSPS) is 21.0. The van der Waals surface area contributed by atoms with E-state index in [1.54, 1.807) is 13.0 Å². The molecule has 0 unspecified atom stereocenters. The maximum absolute atomic E-state index is 12.7. The van der Waals surface area contributed by atoms with E-state index in [2.05, 4.69) is 5.32 Å². The molecule has 0 radical (unpaired) electrons. The topological polar surface area (TPSA) is 84.9 Å². The Morgan fingerprint density at radius 2 is 1.97 bits per heavy atom. The summed E-state index contributed by atoms with van der Waals surface area (Å²) >= 11 is 12.0. The first-order valence-electron chi connectivity index (χ1n) is 10.8. The highest BCUT2D eigenvalue weighted by atomic mass is 35.5. The lowest BCUT2D eigenvalue weighted by molar-refractivity contribution is -0.144. The number of carbonyl (C=O) groups excluding carboxylic acids is 3. The minimum absolute atomic E-state index is 0.0254. The van der Waals surface area contributed by atoms with Gasteiger partial charge in [0.25, 0.3) is 5.91 Å². The predicted octanol–water partition coefficient (Wildman–Crippen LogP) is 3.87. The second-order valence-corrected chi connectivity index (χ2v) is 9.61. The first-order valence-corrected chi connectivity index (χ1v) is 11.5. The Balaban J connectivity index is 2.04. The standard InChI is InChI=1S/C22H31BCl2N2O5/c1-13(2)8-16(23-31-12-14(3)27(5)15(4)22(30)32-23)9-18(28)11-26-21(29)19-10-17(24)6-7-20(19)25/h6-7,10,13-16H,8-9,11-12H2,1-5H3,(H,26,29)/t14-,15-,16+/m0/s1. The molecule has 0 saturated carbocycles. The molecule has 176 valence electrons. The van der Waals surface area contributed by atoms with Gasteiger partial charge in [0.1, 0.15) is 6.04 Å². The fourth-order valence-electron chi connectivity index (χ4n) is 3.59. The van der Waals surface area contributed by atoms with Gasteiger partial charge in [-0.05, 0) is 51.4 Å². The smallest absolute Gasteiger partial charge is 0.508 e. The van der Waals surface area contributed by atoms with E-state index in [0.717, 1.165) is 0 Å². The van der Waals surface area contributed by atoms with Crippen LogP contribution in [0.15, 0.2) is 18.2 Å². The van der Waals surface area contributed by atoms with Crippen LogP contribution in [0.5, 0.6) is 0 Å². The number of amides is 1. The van der Waals surface area contributed by atoms with Crippen LogP contribution >= 0.6 is 23.2 Å². The molecule has 7 nitrogen and oxygen atoms in total. The summed E-state index contributed by atoms with van der Waals surface area (Å²) in [5, 5.41) is 3.22. The molecule has 10 heteroatoms. The minimum atomic E-state index is -0.814. The third-order valence-electron chi connectivity index (χ3n) is 5.65. The summed E-state index contributed by atoms with van der Waals surface area (Å²) in [6.45, 7) is 8.04. The Morgan fingerprint density at radius 3 is 2.62 bits per heavy atom. The van der Waals surface area contributed by atoms with Gasteiger partial charge in [0.15, 0.2) is 5.78 Å². The van der Waals surface area contributed by atoms with Crippen molar-refractivity contribution in [2.24, 2.45) is 5.92 Å². The number of nitrogens with zero attached hydrogens (tertiary/aromatic N) is 1. The molecule has 32 heavy (non-hydrogen) atoms. The van der Waals surface area contributed by atoms with Gasteiger partial charge in [0, 0.05) is 29.9 Å². The average Bonchev–Trinajstić information content (AvgIpc) is 2.73. The maximum Gasteiger partial charge on any atom is 0.531 e. The fraction of sp³-hybridized carbons (Fsp3) is 0.591. The van der Waals surface area contributed by atoms with Crippen LogP contribution < -0.4 is 5.32 Å². The summed E-state index contributed by atoms with van der Waals surface area (Å²) in [5.74, 6) is -1.11. The van der Waals surface area contributed by atoms with Crippen LogP contribution in [0.3, 0.4) is 0 Å². The van der Waals surface area contributed by atoms with E-state index in [9.17, 15) is 14.4 Å². The van der Waals surface area contributed by atoms with E-state index in [1.165, 1.54) is 12.1 Å². The number of hydrogen-bond donors (Lipinski definition) is 1. The van der Waals surface area contributed by atoms with E-state index >= 15 is 0 Å². The molecule has 2 rings (SSSR count). The van der Waals surface area contributed by atoms with E-state index in [4.69, 9.17) is 32.5 Å². The molecule has 3 atom stereocenters. The monoisotopic (exact) mass is 484 g/mol. The molecule has 0 spiro atoms. The molecule has 1 aliphatic heterocycles. The Bertz CT molecular complexity index is 839. The zero-order valence-corrected chi connectivity index (χ0v) is 20.7. The minimum Gasteiger partial charge on any atom is -0.508 e. The summed E-state index contributed by atoms with van der Waals surface area (Å²) in [5.41, 5.74) is 0.204. The van der Waals surface area contributed by atoms with Crippen molar-refractivity contribution in [2.75, 3.05) is 20.2 Å². The SMILES string of the molecule is CC(C)C[C@H](CC(=O)CNC(=O)c1cc(Cl)ccc1Cl)B1OC[C@H](C)N(C)[C@@H](C)C(=O)O1. The van der Waals surface area contributed by atoms with Crippen molar-refractivity contribution < 1.29 is 23.7 Å². The molecule has 1 aromatic carbocycles. The zero-order chi connectivity index (χ0) is 24.0. The number of ketones is 1. The molecule has 1 aromatic rings. The van der Waals surface area contributed by atoms with Crippen molar-refractivity contribution in [3.05, 3.63) is 33.8 Å². The van der Waals surface area contributed by atoms with E-state index in [-0.39, 0.29) is 53.1 Å². The van der Waals surface area contributed by atoms with Gasteiger partial charge in [-0.1, -0.05) is 37.0 Å². The molecule has 0 bridgehead atoms. The largest absolute Gasteiger partial charge is 0.531 e. The zero-order valence-electron chi connectivity index (χ0n) is 19.2. The summed E-state index contributed by atoms with van der Waals surface area (Å²) in [7, 11) is 1.04. The Labute approximate surface area is 200 Å². The number of rotatable bonds is 8. The number of benzene rings is 1. The first-order chi connectivity index (χ1) is 15.0. The number of nitrogens with one attached hydrogen (secondary N) is 1. The Morgan fingerprint density at radius 1 is 1.28 bits per heavy atom. The highest BCUT2D eigenvalue weighted by Gasteiger charge is 2.40. The number of carbonyl (C=O) groups is 3. The van der Waals surface area contributed by atoms with Crippen molar-refractivity contribution in [1.82, 2.24) is 10.2 Å². The second-order valence-electron chi connectivity index (χ2n) is 8.77. The molecule has 1 N–H and O–H groups in total. The van der Waals surface area contributed by atoms with Crippen molar-refractivity contribution in [2.45, 2.75) is 58.4 Å². The van der Waals surface area contributed by atoms with Gasteiger partial charge in [-0.2, -0.15) is 0 Å². The summed E-state index contributed by atoms with van der Waals surface area (Å²) in [6.07, 6.45) is 0.745. The summed E-state index contributed by atoms with van der Waals surface area (Å²) in [4.78, 5) is 39.5. The molecule has 1 saturated heterocycles. The fourth-order valence-corrected chi connectivity index (χ4v) is 3.96. The van der Waals surface area contributed by atoms with Gasteiger partial charge in [0.05, 0.1) is 17.1 Å². The first kappa shape index (κ1) is 26.6. The molecule has 1 heterocycles. The van der Waals surface area contributed by atoms with Crippen LogP contribution in [0.2, 0.25) is 15.9 Å². The van der Waals surface area contributed by atoms with Gasteiger partial charge < -0.3 is 14.6 Å². The van der Waals surface area contributed by atoms with Gasteiger partial charge in [-0.3, -0.25) is 19.3 Å². The van der Waals surface area contributed by atoms with E-state index in [0.29, 0.717) is 18.1 Å².